The van der Waals surface area contributed by atoms with Crippen LogP contribution in [0.1, 0.15) is 22.7 Å². The Morgan fingerprint density at radius 1 is 1.14 bits per heavy atom. The van der Waals surface area contributed by atoms with Crippen molar-refractivity contribution in [2.24, 2.45) is 0 Å². The van der Waals surface area contributed by atoms with Gasteiger partial charge in [0.1, 0.15) is 5.76 Å². The number of hydrogen-bond donors (Lipinski definition) is 1. The number of aromatic amines is 1. The van der Waals surface area contributed by atoms with E-state index in [4.69, 9.17) is 8.83 Å². The lowest BCUT2D eigenvalue weighted by Gasteiger charge is -2.26. The van der Waals surface area contributed by atoms with Crippen LogP contribution < -0.4 is 5.56 Å². The van der Waals surface area contributed by atoms with Gasteiger partial charge in [0.2, 0.25) is 5.89 Å². The van der Waals surface area contributed by atoms with E-state index in [9.17, 15) is 4.79 Å². The minimum atomic E-state index is -0.118. The van der Waals surface area contributed by atoms with E-state index in [-0.39, 0.29) is 5.56 Å². The third-order valence-electron chi connectivity index (χ3n) is 5.19. The fourth-order valence-electron chi connectivity index (χ4n) is 3.64. The molecule has 29 heavy (non-hydrogen) atoms. The Hall–Kier alpha value is -3.45. The number of aromatic nitrogens is 3. The number of nitrogens with zero attached hydrogens (tertiary/aromatic N) is 3. The zero-order valence-corrected chi connectivity index (χ0v) is 16.0. The highest BCUT2D eigenvalue weighted by Gasteiger charge is 2.24. The molecule has 4 aromatic rings. The van der Waals surface area contributed by atoms with E-state index < -0.39 is 0 Å². The van der Waals surface area contributed by atoms with Crippen molar-refractivity contribution < 1.29 is 8.83 Å². The Morgan fingerprint density at radius 3 is 2.79 bits per heavy atom. The van der Waals surface area contributed by atoms with Crippen LogP contribution in [0.25, 0.3) is 23.0 Å². The minimum Gasteiger partial charge on any atom is -0.461 e. The van der Waals surface area contributed by atoms with Crippen LogP contribution in [0, 0.1) is 6.92 Å². The summed E-state index contributed by atoms with van der Waals surface area (Å²) < 4.78 is 11.2. The molecule has 0 fully saturated rings. The second-order valence-electron chi connectivity index (χ2n) is 7.17. The lowest BCUT2D eigenvalue weighted by atomic mass is 10.1. The monoisotopic (exact) mass is 388 g/mol. The molecular formula is C22H20N4O3. The molecule has 0 saturated carbocycles. The van der Waals surface area contributed by atoms with E-state index in [1.54, 1.807) is 18.4 Å². The fraction of sp³-hybridized carbons (Fsp3) is 0.227. The van der Waals surface area contributed by atoms with Crippen molar-refractivity contribution in [2.45, 2.75) is 26.4 Å². The van der Waals surface area contributed by atoms with Crippen LogP contribution >= 0.6 is 0 Å². The maximum absolute atomic E-state index is 12.6. The first-order valence-electron chi connectivity index (χ1n) is 9.57. The summed E-state index contributed by atoms with van der Waals surface area (Å²) in [5.41, 5.74) is 3.27. The molecule has 146 valence electrons. The first kappa shape index (κ1) is 17.6. The van der Waals surface area contributed by atoms with Crippen molar-refractivity contribution in [2.75, 3.05) is 6.54 Å². The summed E-state index contributed by atoms with van der Waals surface area (Å²) in [5.74, 6) is 2.47. The Balaban J connectivity index is 1.37. The van der Waals surface area contributed by atoms with Crippen molar-refractivity contribution in [1.29, 1.82) is 0 Å². The zero-order valence-electron chi connectivity index (χ0n) is 16.0. The SMILES string of the molecule is Cc1oc(-c2ccccc2)nc1CN1CCc2nc(-c3ccco3)[nH]c(=O)c2C1. The van der Waals surface area contributed by atoms with Crippen LogP contribution in [0.2, 0.25) is 0 Å². The maximum Gasteiger partial charge on any atom is 0.256 e. The fourth-order valence-corrected chi connectivity index (χ4v) is 3.64. The third-order valence-corrected chi connectivity index (χ3v) is 5.19. The number of aryl methyl sites for hydroxylation is 1. The van der Waals surface area contributed by atoms with Gasteiger partial charge in [-0.1, -0.05) is 18.2 Å². The van der Waals surface area contributed by atoms with Gasteiger partial charge in [-0.25, -0.2) is 9.97 Å². The van der Waals surface area contributed by atoms with E-state index in [0.29, 0.717) is 42.5 Å². The standard InChI is InChI=1S/C22H20N4O3/c1-14-18(24-22(29-14)15-6-3-2-4-7-15)13-26-10-9-17-16(12-26)21(27)25-20(23-17)19-8-5-11-28-19/h2-8,11H,9-10,12-13H2,1H3,(H,23,25,27). The van der Waals surface area contributed by atoms with Gasteiger partial charge in [-0.3, -0.25) is 9.69 Å². The first-order chi connectivity index (χ1) is 14.2. The third kappa shape index (κ3) is 3.40. The van der Waals surface area contributed by atoms with E-state index in [0.717, 1.165) is 29.3 Å². The summed E-state index contributed by atoms with van der Waals surface area (Å²) >= 11 is 0. The summed E-state index contributed by atoms with van der Waals surface area (Å²) in [7, 11) is 0. The van der Waals surface area contributed by atoms with Gasteiger partial charge in [-0.05, 0) is 31.2 Å². The molecule has 5 rings (SSSR count). The Labute approximate surface area is 167 Å². The van der Waals surface area contributed by atoms with E-state index in [1.807, 2.05) is 37.3 Å². The summed E-state index contributed by atoms with van der Waals surface area (Å²) in [6.07, 6.45) is 2.27. The van der Waals surface area contributed by atoms with E-state index in [1.165, 1.54) is 0 Å². The van der Waals surface area contributed by atoms with Crippen molar-refractivity contribution >= 4 is 0 Å². The molecule has 0 spiro atoms. The quantitative estimate of drug-likeness (QED) is 0.575. The molecule has 1 N–H and O–H groups in total. The van der Waals surface area contributed by atoms with Crippen LogP contribution in [0.5, 0.6) is 0 Å². The highest BCUT2D eigenvalue weighted by Crippen LogP contribution is 2.24. The second kappa shape index (κ2) is 7.18. The van der Waals surface area contributed by atoms with Crippen molar-refractivity contribution in [1.82, 2.24) is 19.9 Å². The maximum atomic E-state index is 12.6. The average molecular weight is 388 g/mol. The summed E-state index contributed by atoms with van der Waals surface area (Å²) in [6.45, 7) is 3.88. The minimum absolute atomic E-state index is 0.118. The molecule has 0 amide bonds. The smallest absolute Gasteiger partial charge is 0.256 e. The number of oxazole rings is 1. The summed E-state index contributed by atoms with van der Waals surface area (Å²) in [4.78, 5) is 27.0. The zero-order chi connectivity index (χ0) is 19.8. The Kier molecular flexibility index (Phi) is 4.37. The molecule has 4 heterocycles. The van der Waals surface area contributed by atoms with E-state index >= 15 is 0 Å². The predicted octanol–water partition coefficient (Wildman–Crippen LogP) is 3.55. The van der Waals surface area contributed by atoms with Gasteiger partial charge in [-0.15, -0.1) is 0 Å². The van der Waals surface area contributed by atoms with Gasteiger partial charge in [0.25, 0.3) is 5.56 Å². The molecular weight excluding hydrogens is 368 g/mol. The number of benzene rings is 1. The topological polar surface area (TPSA) is 88.2 Å². The van der Waals surface area contributed by atoms with Gasteiger partial charge in [0.15, 0.2) is 11.6 Å². The number of H-pyrrole nitrogens is 1. The van der Waals surface area contributed by atoms with Crippen molar-refractivity contribution in [3.63, 3.8) is 0 Å². The van der Waals surface area contributed by atoms with Crippen LogP contribution in [0.4, 0.5) is 0 Å². The predicted molar refractivity (Wildman–Crippen MR) is 107 cm³/mol. The summed E-state index contributed by atoms with van der Waals surface area (Å²) in [5, 5.41) is 0. The second-order valence-corrected chi connectivity index (χ2v) is 7.17. The highest BCUT2D eigenvalue weighted by molar-refractivity contribution is 5.53. The van der Waals surface area contributed by atoms with Gasteiger partial charge in [0, 0.05) is 31.6 Å². The van der Waals surface area contributed by atoms with Crippen LogP contribution in [-0.2, 0) is 19.5 Å². The largest absolute Gasteiger partial charge is 0.461 e. The molecule has 1 aliphatic heterocycles. The van der Waals surface area contributed by atoms with Crippen LogP contribution in [-0.4, -0.2) is 26.4 Å². The van der Waals surface area contributed by atoms with Crippen LogP contribution in [0.15, 0.2) is 62.4 Å². The molecule has 0 atom stereocenters. The number of furan rings is 1. The molecule has 0 unspecified atom stereocenters. The van der Waals surface area contributed by atoms with Gasteiger partial charge in [-0.2, -0.15) is 0 Å². The molecule has 3 aromatic heterocycles. The first-order valence-corrected chi connectivity index (χ1v) is 9.57. The van der Waals surface area contributed by atoms with Crippen LogP contribution in [0.3, 0.4) is 0 Å². The lowest BCUT2D eigenvalue weighted by Crippen LogP contribution is -2.35. The van der Waals surface area contributed by atoms with E-state index in [2.05, 4.69) is 19.9 Å². The average Bonchev–Trinajstić information content (AvgIpc) is 3.40. The molecule has 1 aromatic carbocycles. The normalized spacial score (nSPS) is 14.1. The molecule has 0 saturated heterocycles. The highest BCUT2D eigenvalue weighted by atomic mass is 16.4. The number of hydrogen-bond acceptors (Lipinski definition) is 6. The number of rotatable bonds is 4. The Bertz CT molecular complexity index is 1190. The van der Waals surface area contributed by atoms with Crippen molar-refractivity contribution in [3.05, 3.63) is 81.8 Å². The molecule has 0 radical (unpaired) electrons. The number of nitrogens with one attached hydrogen (secondary N) is 1. The van der Waals surface area contributed by atoms with Gasteiger partial charge in [0.05, 0.1) is 23.2 Å². The van der Waals surface area contributed by atoms with Gasteiger partial charge < -0.3 is 13.8 Å². The molecule has 7 nitrogen and oxygen atoms in total. The molecule has 1 aliphatic rings. The van der Waals surface area contributed by atoms with Crippen molar-refractivity contribution in [3.8, 4) is 23.0 Å². The Morgan fingerprint density at radius 2 is 2.00 bits per heavy atom. The lowest BCUT2D eigenvalue weighted by molar-refractivity contribution is 0.238. The molecule has 7 heteroatoms. The summed E-state index contributed by atoms with van der Waals surface area (Å²) in [6, 6.07) is 13.4. The van der Waals surface area contributed by atoms with Gasteiger partial charge >= 0.3 is 0 Å². The molecule has 0 aliphatic carbocycles. The molecule has 0 bridgehead atoms. The number of fused-ring (bicyclic) bond motifs is 1.